The maximum atomic E-state index is 12.6. The number of benzene rings is 2. The predicted octanol–water partition coefficient (Wildman–Crippen LogP) is 3.33. The van der Waals surface area contributed by atoms with E-state index in [4.69, 9.17) is 4.74 Å². The molecule has 2 aromatic rings. The lowest BCUT2D eigenvalue weighted by atomic mass is 10.1. The van der Waals surface area contributed by atoms with E-state index in [0.717, 1.165) is 16.8 Å². The Kier molecular flexibility index (Phi) is 7.58. The Bertz CT molecular complexity index is 740. The van der Waals surface area contributed by atoms with Crippen LogP contribution in [-0.4, -0.2) is 37.0 Å². The SMILES string of the molecule is COCCN(Cc1ccccc1)C(=O)/C=C/c1ccc(NC(C)=O)cc1. The third-order valence-electron chi connectivity index (χ3n) is 3.74. The largest absolute Gasteiger partial charge is 0.383 e. The Morgan fingerprint density at radius 3 is 2.38 bits per heavy atom. The van der Waals surface area contributed by atoms with Gasteiger partial charge >= 0.3 is 0 Å². The number of hydrogen-bond donors (Lipinski definition) is 1. The van der Waals surface area contributed by atoms with E-state index in [1.807, 2.05) is 42.5 Å². The molecular weight excluding hydrogens is 328 g/mol. The van der Waals surface area contributed by atoms with E-state index in [0.29, 0.717) is 19.7 Å². The number of ether oxygens (including phenoxy) is 1. The summed E-state index contributed by atoms with van der Waals surface area (Å²) in [4.78, 5) is 25.4. The first-order chi connectivity index (χ1) is 12.6. The third kappa shape index (κ3) is 6.53. The molecule has 0 aliphatic heterocycles. The molecule has 0 fully saturated rings. The van der Waals surface area contributed by atoms with Crippen molar-refractivity contribution < 1.29 is 14.3 Å². The highest BCUT2D eigenvalue weighted by atomic mass is 16.5. The summed E-state index contributed by atoms with van der Waals surface area (Å²) in [5.74, 6) is -0.185. The molecule has 0 aliphatic carbocycles. The first-order valence-electron chi connectivity index (χ1n) is 8.46. The van der Waals surface area contributed by atoms with Crippen molar-refractivity contribution in [3.05, 3.63) is 71.8 Å². The zero-order valence-electron chi connectivity index (χ0n) is 15.1. The average Bonchev–Trinajstić information content (AvgIpc) is 2.64. The van der Waals surface area contributed by atoms with Crippen molar-refractivity contribution in [2.75, 3.05) is 25.6 Å². The zero-order chi connectivity index (χ0) is 18.8. The van der Waals surface area contributed by atoms with Gasteiger partial charge in [0.1, 0.15) is 0 Å². The number of rotatable bonds is 8. The molecule has 1 N–H and O–H groups in total. The Hall–Kier alpha value is -2.92. The lowest BCUT2D eigenvalue weighted by Crippen LogP contribution is -2.32. The fraction of sp³-hybridized carbons (Fsp3) is 0.238. The number of nitrogens with one attached hydrogen (secondary N) is 1. The first-order valence-corrected chi connectivity index (χ1v) is 8.46. The minimum atomic E-state index is -0.113. The smallest absolute Gasteiger partial charge is 0.246 e. The molecule has 0 aliphatic rings. The summed E-state index contributed by atoms with van der Waals surface area (Å²) >= 11 is 0. The van der Waals surface area contributed by atoms with Gasteiger partial charge in [-0.3, -0.25) is 9.59 Å². The summed E-state index contributed by atoms with van der Waals surface area (Å²) in [6.45, 7) is 3.01. The molecule has 0 saturated heterocycles. The standard InChI is InChI=1S/C21H24N2O3/c1-17(24)22-20-11-8-18(9-12-20)10-13-21(25)23(14-15-26-2)16-19-6-4-3-5-7-19/h3-13H,14-16H2,1-2H3,(H,22,24)/b13-10+. The van der Waals surface area contributed by atoms with Gasteiger partial charge in [0.15, 0.2) is 0 Å². The summed E-state index contributed by atoms with van der Waals surface area (Å²) < 4.78 is 5.12. The summed E-state index contributed by atoms with van der Waals surface area (Å²) in [5.41, 5.74) is 2.69. The van der Waals surface area contributed by atoms with Crippen LogP contribution in [-0.2, 0) is 20.9 Å². The summed E-state index contributed by atoms with van der Waals surface area (Å²) in [5, 5.41) is 2.71. The van der Waals surface area contributed by atoms with Crippen molar-refractivity contribution in [2.45, 2.75) is 13.5 Å². The van der Waals surface area contributed by atoms with Crippen LogP contribution < -0.4 is 5.32 Å². The fourth-order valence-electron chi connectivity index (χ4n) is 2.43. The Morgan fingerprint density at radius 1 is 1.08 bits per heavy atom. The van der Waals surface area contributed by atoms with Gasteiger partial charge in [-0.25, -0.2) is 0 Å². The van der Waals surface area contributed by atoms with Crippen LogP contribution in [0.3, 0.4) is 0 Å². The molecule has 5 nitrogen and oxygen atoms in total. The quantitative estimate of drug-likeness (QED) is 0.742. The van der Waals surface area contributed by atoms with Crippen LogP contribution in [0.25, 0.3) is 6.08 Å². The van der Waals surface area contributed by atoms with Gasteiger partial charge < -0.3 is 15.0 Å². The minimum Gasteiger partial charge on any atom is -0.383 e. The first kappa shape index (κ1) is 19.4. The van der Waals surface area contributed by atoms with Gasteiger partial charge in [0, 0.05) is 38.9 Å². The number of nitrogens with zero attached hydrogens (tertiary/aromatic N) is 1. The van der Waals surface area contributed by atoms with Gasteiger partial charge in [-0.05, 0) is 29.3 Å². The maximum Gasteiger partial charge on any atom is 0.246 e. The Balaban J connectivity index is 2.02. The number of amides is 2. The van der Waals surface area contributed by atoms with E-state index in [9.17, 15) is 9.59 Å². The van der Waals surface area contributed by atoms with E-state index in [1.54, 1.807) is 36.3 Å². The van der Waals surface area contributed by atoms with Crippen LogP contribution >= 0.6 is 0 Å². The van der Waals surface area contributed by atoms with Crippen LogP contribution in [0.2, 0.25) is 0 Å². The highest BCUT2D eigenvalue weighted by molar-refractivity contribution is 5.92. The molecule has 0 bridgehead atoms. The van der Waals surface area contributed by atoms with Crippen LogP contribution in [0.5, 0.6) is 0 Å². The molecular formula is C21H24N2O3. The molecule has 2 amide bonds. The van der Waals surface area contributed by atoms with Crippen molar-refractivity contribution in [3.63, 3.8) is 0 Å². The Morgan fingerprint density at radius 2 is 1.77 bits per heavy atom. The summed E-state index contributed by atoms with van der Waals surface area (Å²) in [7, 11) is 1.62. The van der Waals surface area contributed by atoms with Gasteiger partial charge in [-0.15, -0.1) is 0 Å². The van der Waals surface area contributed by atoms with E-state index < -0.39 is 0 Å². The van der Waals surface area contributed by atoms with Gasteiger partial charge in [0.2, 0.25) is 11.8 Å². The molecule has 0 saturated carbocycles. The third-order valence-corrected chi connectivity index (χ3v) is 3.74. The van der Waals surface area contributed by atoms with Gasteiger partial charge in [0.05, 0.1) is 6.61 Å². The number of carbonyl (C=O) groups excluding carboxylic acids is 2. The molecule has 0 atom stereocenters. The molecule has 2 rings (SSSR count). The molecule has 136 valence electrons. The number of methoxy groups -OCH3 is 1. The molecule has 26 heavy (non-hydrogen) atoms. The van der Waals surface area contributed by atoms with E-state index in [2.05, 4.69) is 5.32 Å². The molecule has 0 radical (unpaired) electrons. The van der Waals surface area contributed by atoms with Crippen molar-refractivity contribution >= 4 is 23.6 Å². The van der Waals surface area contributed by atoms with E-state index >= 15 is 0 Å². The second kappa shape index (κ2) is 10.2. The second-order valence-electron chi connectivity index (χ2n) is 5.87. The number of anilines is 1. The van der Waals surface area contributed by atoms with Crippen molar-refractivity contribution in [3.8, 4) is 0 Å². The summed E-state index contributed by atoms with van der Waals surface area (Å²) in [6.07, 6.45) is 3.33. The molecule has 0 spiro atoms. The molecule has 0 aromatic heterocycles. The van der Waals surface area contributed by atoms with Crippen molar-refractivity contribution in [1.82, 2.24) is 4.90 Å². The zero-order valence-corrected chi connectivity index (χ0v) is 15.1. The average molecular weight is 352 g/mol. The molecule has 2 aromatic carbocycles. The predicted molar refractivity (Wildman–Crippen MR) is 104 cm³/mol. The maximum absolute atomic E-state index is 12.6. The highest BCUT2D eigenvalue weighted by Gasteiger charge is 2.11. The minimum absolute atomic E-state index is 0.0724. The topological polar surface area (TPSA) is 58.6 Å². The van der Waals surface area contributed by atoms with Crippen LogP contribution in [0.15, 0.2) is 60.7 Å². The van der Waals surface area contributed by atoms with Gasteiger partial charge in [-0.1, -0.05) is 42.5 Å². The lowest BCUT2D eigenvalue weighted by molar-refractivity contribution is -0.127. The van der Waals surface area contributed by atoms with Crippen molar-refractivity contribution in [1.29, 1.82) is 0 Å². The number of hydrogen-bond acceptors (Lipinski definition) is 3. The Labute approximate surface area is 154 Å². The molecule has 0 unspecified atom stereocenters. The van der Waals surface area contributed by atoms with E-state index in [-0.39, 0.29) is 11.8 Å². The van der Waals surface area contributed by atoms with Gasteiger partial charge in [0.25, 0.3) is 0 Å². The van der Waals surface area contributed by atoms with E-state index in [1.165, 1.54) is 6.92 Å². The fourth-order valence-corrected chi connectivity index (χ4v) is 2.43. The van der Waals surface area contributed by atoms with Crippen molar-refractivity contribution in [2.24, 2.45) is 0 Å². The normalized spacial score (nSPS) is 10.7. The molecule has 5 heteroatoms. The van der Waals surface area contributed by atoms with Crippen LogP contribution in [0.4, 0.5) is 5.69 Å². The molecule has 0 heterocycles. The van der Waals surface area contributed by atoms with Crippen LogP contribution in [0.1, 0.15) is 18.1 Å². The lowest BCUT2D eigenvalue weighted by Gasteiger charge is -2.21. The monoisotopic (exact) mass is 352 g/mol. The van der Waals surface area contributed by atoms with Crippen LogP contribution in [0, 0.1) is 0 Å². The van der Waals surface area contributed by atoms with Gasteiger partial charge in [-0.2, -0.15) is 0 Å². The second-order valence-corrected chi connectivity index (χ2v) is 5.87. The number of carbonyl (C=O) groups is 2. The highest BCUT2D eigenvalue weighted by Crippen LogP contribution is 2.11. The summed E-state index contributed by atoms with van der Waals surface area (Å²) in [6, 6.07) is 17.2.